The molecule has 1 aromatic heterocycles. The quantitative estimate of drug-likeness (QED) is 0.360. The molecule has 0 aliphatic carbocycles. The van der Waals surface area contributed by atoms with Gasteiger partial charge < -0.3 is 19.7 Å². The first kappa shape index (κ1) is 27.6. The van der Waals surface area contributed by atoms with E-state index in [1.807, 2.05) is 50.2 Å². The lowest BCUT2D eigenvalue weighted by molar-refractivity contribution is -0.138. The van der Waals surface area contributed by atoms with Crippen molar-refractivity contribution in [3.63, 3.8) is 0 Å². The third kappa shape index (κ3) is 7.29. The topological polar surface area (TPSA) is 97.6 Å². The number of carboxylic acids is 1. The highest BCUT2D eigenvalue weighted by Gasteiger charge is 2.27. The fraction of sp³-hybridized carbons (Fsp3) is 0.345. The van der Waals surface area contributed by atoms with E-state index in [1.54, 1.807) is 6.20 Å². The Balaban J connectivity index is 1.97. The molecule has 2 aromatic carbocycles. The molecule has 2 atom stereocenters. The second-order valence-electron chi connectivity index (χ2n) is 9.13. The van der Waals surface area contributed by atoms with Gasteiger partial charge in [0.2, 0.25) is 5.91 Å². The number of carboxylic acid groups (broad SMARTS) is 1. The molecule has 0 aliphatic rings. The first-order chi connectivity index (χ1) is 17.7. The van der Waals surface area contributed by atoms with E-state index in [9.17, 15) is 23.9 Å². The molecule has 0 saturated heterocycles. The number of unbranched alkanes of at least 4 members (excludes halogenated alkanes) is 1. The fourth-order valence-corrected chi connectivity index (χ4v) is 4.38. The Morgan fingerprint density at radius 2 is 1.86 bits per heavy atom. The maximum absolute atomic E-state index is 14.4. The summed E-state index contributed by atoms with van der Waals surface area (Å²) >= 11 is 0. The van der Waals surface area contributed by atoms with Crippen molar-refractivity contribution in [2.45, 2.75) is 58.0 Å². The largest absolute Gasteiger partial charge is 0.494 e. The van der Waals surface area contributed by atoms with Crippen LogP contribution in [0.2, 0.25) is 0 Å². The van der Waals surface area contributed by atoms with Gasteiger partial charge in [-0.2, -0.15) is 0 Å². The number of hydrogen-bond acceptors (Lipinski definition) is 4. The summed E-state index contributed by atoms with van der Waals surface area (Å²) in [5, 5.41) is 12.2. The molecule has 2 N–H and O–H groups in total. The molecule has 0 aliphatic heterocycles. The lowest BCUT2D eigenvalue weighted by atomic mass is 10.0. The van der Waals surface area contributed by atoms with Gasteiger partial charge in [0.05, 0.1) is 19.6 Å². The Bertz CT molecular complexity index is 1290. The Morgan fingerprint density at radius 1 is 1.14 bits per heavy atom. The van der Waals surface area contributed by atoms with Crippen molar-refractivity contribution in [3.8, 4) is 5.75 Å². The molecule has 0 radical (unpaired) electrons. The molecule has 3 aromatic rings. The van der Waals surface area contributed by atoms with Gasteiger partial charge in [0.1, 0.15) is 6.04 Å². The summed E-state index contributed by atoms with van der Waals surface area (Å²) in [7, 11) is 1.33. The van der Waals surface area contributed by atoms with Gasteiger partial charge in [-0.15, -0.1) is 0 Å². The van der Waals surface area contributed by atoms with Crippen LogP contribution in [0.15, 0.2) is 65.6 Å². The van der Waals surface area contributed by atoms with E-state index in [4.69, 9.17) is 4.74 Å². The highest BCUT2D eigenvalue weighted by molar-refractivity contribution is 5.81. The zero-order valence-electron chi connectivity index (χ0n) is 21.4. The van der Waals surface area contributed by atoms with Crippen LogP contribution in [0.5, 0.6) is 5.75 Å². The number of aliphatic carboxylic acids is 1. The Labute approximate surface area is 215 Å². The number of rotatable bonds is 12. The Morgan fingerprint density at radius 3 is 2.49 bits per heavy atom. The summed E-state index contributed by atoms with van der Waals surface area (Å²) in [5.74, 6) is -2.28. The number of hydrogen-bond donors (Lipinski definition) is 2. The third-order valence-electron chi connectivity index (χ3n) is 6.23. The molecule has 3 rings (SSSR count). The normalized spacial score (nSPS) is 12.5. The smallest absolute Gasteiger partial charge is 0.305 e. The van der Waals surface area contributed by atoms with Crippen LogP contribution in [-0.4, -0.2) is 28.7 Å². The average molecular weight is 509 g/mol. The number of halogens is 1. The predicted molar refractivity (Wildman–Crippen MR) is 139 cm³/mol. The number of carbonyl (C=O) groups excluding carboxylic acids is 1. The predicted octanol–water partition coefficient (Wildman–Crippen LogP) is 4.96. The van der Waals surface area contributed by atoms with Crippen LogP contribution >= 0.6 is 0 Å². The minimum Gasteiger partial charge on any atom is -0.494 e. The second kappa shape index (κ2) is 12.9. The maximum atomic E-state index is 14.4. The number of nitrogens with one attached hydrogen (secondary N) is 1. The SMILES string of the molecule is CCCC[C@@H](C(=O)N[C@H](CC(=O)O)c1ccc(OC)c(F)c1)n1cc(C)cc(Cc2ccccc2)c1=O. The van der Waals surface area contributed by atoms with E-state index in [0.29, 0.717) is 30.4 Å². The molecule has 0 bridgehead atoms. The third-order valence-corrected chi connectivity index (χ3v) is 6.23. The summed E-state index contributed by atoms with van der Waals surface area (Å²) in [6, 6.07) is 13.7. The van der Waals surface area contributed by atoms with Gasteiger partial charge in [-0.05, 0) is 48.2 Å². The average Bonchev–Trinajstić information content (AvgIpc) is 2.86. The van der Waals surface area contributed by atoms with Gasteiger partial charge in [0.25, 0.3) is 5.56 Å². The van der Waals surface area contributed by atoms with E-state index in [2.05, 4.69) is 5.32 Å². The zero-order valence-corrected chi connectivity index (χ0v) is 21.4. The number of benzene rings is 2. The molecule has 1 amide bonds. The summed E-state index contributed by atoms with van der Waals surface area (Å²) in [6.45, 7) is 3.86. The Hall–Kier alpha value is -3.94. The van der Waals surface area contributed by atoms with Crippen molar-refractivity contribution in [2.24, 2.45) is 0 Å². The second-order valence-corrected chi connectivity index (χ2v) is 9.13. The van der Waals surface area contributed by atoms with Gasteiger partial charge >= 0.3 is 5.97 Å². The van der Waals surface area contributed by atoms with Crippen molar-refractivity contribution in [1.29, 1.82) is 0 Å². The summed E-state index contributed by atoms with van der Waals surface area (Å²) < 4.78 is 20.8. The van der Waals surface area contributed by atoms with E-state index >= 15 is 0 Å². The number of pyridine rings is 1. The summed E-state index contributed by atoms with van der Waals surface area (Å²) in [4.78, 5) is 38.7. The number of nitrogens with zero attached hydrogens (tertiary/aromatic N) is 1. The lowest BCUT2D eigenvalue weighted by Gasteiger charge is -2.25. The zero-order chi connectivity index (χ0) is 26.9. The van der Waals surface area contributed by atoms with Gasteiger partial charge in [0.15, 0.2) is 11.6 Å². The first-order valence-corrected chi connectivity index (χ1v) is 12.3. The molecule has 0 saturated carbocycles. The van der Waals surface area contributed by atoms with Crippen LogP contribution in [0, 0.1) is 12.7 Å². The number of methoxy groups -OCH3 is 1. The molecular formula is C29H33FN2O5. The number of carbonyl (C=O) groups is 2. The van der Waals surface area contributed by atoms with Crippen LogP contribution in [0.25, 0.3) is 0 Å². The van der Waals surface area contributed by atoms with Crippen molar-refractivity contribution in [1.82, 2.24) is 9.88 Å². The van der Waals surface area contributed by atoms with Crippen LogP contribution in [0.1, 0.15) is 66.9 Å². The van der Waals surface area contributed by atoms with E-state index in [0.717, 1.165) is 23.6 Å². The van der Waals surface area contributed by atoms with Crippen LogP contribution in [0.3, 0.4) is 0 Å². The number of ether oxygens (including phenoxy) is 1. The Kier molecular flexibility index (Phi) is 9.60. The molecule has 0 spiro atoms. The van der Waals surface area contributed by atoms with Crippen molar-refractivity contribution in [2.75, 3.05) is 7.11 Å². The van der Waals surface area contributed by atoms with Gasteiger partial charge in [-0.1, -0.05) is 56.2 Å². The standard InChI is InChI=1S/C29H33FN2O5/c1-4-5-11-25(32-18-19(2)14-22(29(32)36)15-20-9-7-6-8-10-20)28(35)31-24(17-27(33)34)21-12-13-26(37-3)23(30)16-21/h6-10,12-14,16,18,24-25H,4-5,11,15,17H2,1-3H3,(H,31,35)(H,33,34)/t24-,25+/m1/s1. The van der Waals surface area contributed by atoms with Gasteiger partial charge in [-0.3, -0.25) is 14.4 Å². The molecule has 8 heteroatoms. The summed E-state index contributed by atoms with van der Waals surface area (Å²) in [5.41, 5.74) is 2.41. The monoisotopic (exact) mass is 508 g/mol. The number of amides is 1. The summed E-state index contributed by atoms with van der Waals surface area (Å²) in [6.07, 6.45) is 3.54. The van der Waals surface area contributed by atoms with E-state index in [-0.39, 0.29) is 11.3 Å². The first-order valence-electron chi connectivity index (χ1n) is 12.3. The molecule has 7 nitrogen and oxygen atoms in total. The molecule has 0 fully saturated rings. The van der Waals surface area contributed by atoms with Crippen molar-refractivity contribution < 1.29 is 23.8 Å². The van der Waals surface area contributed by atoms with Crippen molar-refractivity contribution >= 4 is 11.9 Å². The highest BCUT2D eigenvalue weighted by atomic mass is 19.1. The number of aromatic nitrogens is 1. The van der Waals surface area contributed by atoms with Crippen LogP contribution in [0.4, 0.5) is 4.39 Å². The molecule has 1 heterocycles. The van der Waals surface area contributed by atoms with E-state index in [1.165, 1.54) is 23.8 Å². The number of aryl methyl sites for hydroxylation is 1. The minimum absolute atomic E-state index is 0.0160. The maximum Gasteiger partial charge on any atom is 0.305 e. The minimum atomic E-state index is -1.15. The molecular weight excluding hydrogens is 475 g/mol. The highest BCUT2D eigenvalue weighted by Crippen LogP contribution is 2.25. The lowest BCUT2D eigenvalue weighted by Crippen LogP contribution is -2.40. The van der Waals surface area contributed by atoms with Crippen LogP contribution < -0.4 is 15.6 Å². The van der Waals surface area contributed by atoms with Crippen LogP contribution in [-0.2, 0) is 16.0 Å². The molecule has 37 heavy (non-hydrogen) atoms. The fourth-order valence-electron chi connectivity index (χ4n) is 4.38. The van der Waals surface area contributed by atoms with E-state index < -0.39 is 36.2 Å². The van der Waals surface area contributed by atoms with Gasteiger partial charge in [0, 0.05) is 18.2 Å². The van der Waals surface area contributed by atoms with Crippen molar-refractivity contribution in [3.05, 3.63) is 99.2 Å². The van der Waals surface area contributed by atoms with Gasteiger partial charge in [-0.25, -0.2) is 4.39 Å². The molecule has 0 unspecified atom stereocenters. The molecule has 196 valence electrons.